The first-order valence-corrected chi connectivity index (χ1v) is 12.6. The van der Waals surface area contributed by atoms with Crippen LogP contribution in [0.15, 0.2) is 24.8 Å². The van der Waals surface area contributed by atoms with Crippen LogP contribution in [0.1, 0.15) is 64.8 Å². The van der Waals surface area contributed by atoms with E-state index in [1.54, 1.807) is 6.33 Å². The second-order valence-electron chi connectivity index (χ2n) is 10.7. The van der Waals surface area contributed by atoms with Crippen molar-refractivity contribution in [1.82, 2.24) is 24.1 Å². The number of rotatable bonds is 7. The summed E-state index contributed by atoms with van der Waals surface area (Å²) in [5, 5.41) is 19.2. The standard InChI is InChI=1S/C25H35N7O/c1-4-18(5-2)32-7-6-19-22(27-20-13-31(3)14-26-20)29-24(30-23(19)32)28-21-16-8-15-9-17(21)12-25(33,10-15)11-16/h6-7,13-18,21,33H,4-5,8-12H2,1-3H3,(H2,27,28,29,30). The fraction of sp³-hybridized carbons (Fsp3) is 0.640. The second kappa shape index (κ2) is 7.72. The maximum atomic E-state index is 11.0. The van der Waals surface area contributed by atoms with Gasteiger partial charge in [-0.25, -0.2) is 4.98 Å². The minimum Gasteiger partial charge on any atom is -0.390 e. The molecule has 4 aliphatic carbocycles. The Morgan fingerprint density at radius 3 is 2.55 bits per heavy atom. The molecule has 2 atom stereocenters. The summed E-state index contributed by atoms with van der Waals surface area (Å²) in [5.74, 6) is 3.92. The van der Waals surface area contributed by atoms with Crippen LogP contribution in [0.4, 0.5) is 17.6 Å². The summed E-state index contributed by atoms with van der Waals surface area (Å²) >= 11 is 0. The molecule has 176 valence electrons. The van der Waals surface area contributed by atoms with Gasteiger partial charge in [-0.05, 0) is 68.8 Å². The molecule has 8 nitrogen and oxygen atoms in total. The highest BCUT2D eigenvalue weighted by Crippen LogP contribution is 2.56. The number of anilines is 3. The van der Waals surface area contributed by atoms with E-state index in [1.165, 1.54) is 12.8 Å². The van der Waals surface area contributed by atoms with E-state index in [9.17, 15) is 5.11 Å². The van der Waals surface area contributed by atoms with Gasteiger partial charge in [0.05, 0.1) is 17.3 Å². The number of hydrogen-bond donors (Lipinski definition) is 3. The summed E-state index contributed by atoms with van der Waals surface area (Å²) in [6, 6.07) is 2.85. The molecule has 0 amide bonds. The Kier molecular flexibility index (Phi) is 4.90. The van der Waals surface area contributed by atoms with Crippen LogP contribution in [0, 0.1) is 17.8 Å². The van der Waals surface area contributed by atoms with Crippen molar-refractivity contribution in [3.05, 3.63) is 24.8 Å². The van der Waals surface area contributed by atoms with E-state index in [4.69, 9.17) is 9.97 Å². The molecule has 4 aliphatic rings. The van der Waals surface area contributed by atoms with E-state index in [1.807, 2.05) is 17.8 Å². The highest BCUT2D eigenvalue weighted by molar-refractivity contribution is 5.90. The zero-order valence-corrected chi connectivity index (χ0v) is 19.8. The number of hydrogen-bond acceptors (Lipinski definition) is 6. The second-order valence-corrected chi connectivity index (χ2v) is 10.7. The summed E-state index contributed by atoms with van der Waals surface area (Å²) < 4.78 is 4.22. The average molecular weight is 450 g/mol. The number of aromatic nitrogens is 5. The van der Waals surface area contributed by atoms with Crippen molar-refractivity contribution in [3.8, 4) is 0 Å². The molecule has 4 bridgehead atoms. The van der Waals surface area contributed by atoms with Crippen molar-refractivity contribution in [2.75, 3.05) is 10.6 Å². The Morgan fingerprint density at radius 2 is 1.91 bits per heavy atom. The Bertz CT molecular complexity index is 1150. The first-order valence-electron chi connectivity index (χ1n) is 12.6. The van der Waals surface area contributed by atoms with E-state index in [-0.39, 0.29) is 0 Å². The van der Waals surface area contributed by atoms with E-state index in [0.29, 0.717) is 35.8 Å². The molecule has 0 aliphatic heterocycles. The van der Waals surface area contributed by atoms with Crippen LogP contribution in [-0.4, -0.2) is 40.8 Å². The summed E-state index contributed by atoms with van der Waals surface area (Å²) in [6.45, 7) is 4.46. The lowest BCUT2D eigenvalue weighted by Gasteiger charge is -2.58. The van der Waals surface area contributed by atoms with Gasteiger partial charge in [0.1, 0.15) is 17.3 Å². The molecule has 7 rings (SSSR count). The summed E-state index contributed by atoms with van der Waals surface area (Å²) in [6.07, 6.45) is 13.2. The predicted octanol–water partition coefficient (Wildman–Crippen LogP) is 4.62. The van der Waals surface area contributed by atoms with Gasteiger partial charge in [0.2, 0.25) is 5.95 Å². The van der Waals surface area contributed by atoms with Crippen LogP contribution in [0.25, 0.3) is 11.0 Å². The van der Waals surface area contributed by atoms with Gasteiger partial charge in [0.25, 0.3) is 0 Å². The Hall–Kier alpha value is -2.61. The van der Waals surface area contributed by atoms with E-state index in [2.05, 4.69) is 46.3 Å². The highest BCUT2D eigenvalue weighted by Gasteiger charge is 2.54. The predicted molar refractivity (Wildman–Crippen MR) is 130 cm³/mol. The van der Waals surface area contributed by atoms with Crippen molar-refractivity contribution in [1.29, 1.82) is 0 Å². The number of aliphatic hydroxyl groups is 1. The van der Waals surface area contributed by atoms with Gasteiger partial charge >= 0.3 is 0 Å². The van der Waals surface area contributed by atoms with Crippen molar-refractivity contribution in [2.24, 2.45) is 24.8 Å². The van der Waals surface area contributed by atoms with Gasteiger partial charge in [-0.3, -0.25) is 0 Å². The van der Waals surface area contributed by atoms with E-state index >= 15 is 0 Å². The zero-order valence-electron chi connectivity index (χ0n) is 19.8. The molecule has 8 heteroatoms. The number of imidazole rings is 1. The molecule has 0 saturated heterocycles. The molecule has 3 aromatic heterocycles. The van der Waals surface area contributed by atoms with Crippen molar-refractivity contribution >= 4 is 28.6 Å². The van der Waals surface area contributed by atoms with Gasteiger partial charge in [0, 0.05) is 31.5 Å². The first-order chi connectivity index (χ1) is 15.9. The van der Waals surface area contributed by atoms with Gasteiger partial charge in [-0.2, -0.15) is 9.97 Å². The molecule has 3 heterocycles. The van der Waals surface area contributed by atoms with Crippen LogP contribution in [0.2, 0.25) is 0 Å². The third-order valence-electron chi connectivity index (χ3n) is 8.40. The smallest absolute Gasteiger partial charge is 0.226 e. The van der Waals surface area contributed by atoms with Gasteiger partial charge in [-0.15, -0.1) is 0 Å². The van der Waals surface area contributed by atoms with Crippen LogP contribution in [0.5, 0.6) is 0 Å². The lowest BCUT2D eigenvalue weighted by atomic mass is 9.52. The monoisotopic (exact) mass is 449 g/mol. The average Bonchev–Trinajstić information content (AvgIpc) is 3.37. The normalized spacial score (nSPS) is 30.5. The van der Waals surface area contributed by atoms with Crippen LogP contribution >= 0.6 is 0 Å². The zero-order chi connectivity index (χ0) is 22.7. The maximum Gasteiger partial charge on any atom is 0.226 e. The van der Waals surface area contributed by atoms with Crippen molar-refractivity contribution in [3.63, 3.8) is 0 Å². The minimum absolute atomic E-state index is 0.332. The Morgan fingerprint density at radius 1 is 1.15 bits per heavy atom. The molecule has 0 radical (unpaired) electrons. The third kappa shape index (κ3) is 3.59. The largest absolute Gasteiger partial charge is 0.390 e. The molecule has 4 saturated carbocycles. The number of aryl methyl sites for hydroxylation is 1. The SMILES string of the molecule is CCC(CC)n1ccc2c(Nc3cn(C)cn3)nc(NC3C4CC5CC3CC(O)(C5)C4)nc21. The van der Waals surface area contributed by atoms with Crippen LogP contribution < -0.4 is 10.6 Å². The molecule has 33 heavy (non-hydrogen) atoms. The Labute approximate surface area is 194 Å². The first kappa shape index (κ1) is 21.0. The molecule has 3 N–H and O–H groups in total. The third-order valence-corrected chi connectivity index (χ3v) is 8.40. The van der Waals surface area contributed by atoms with Crippen molar-refractivity contribution < 1.29 is 5.11 Å². The highest BCUT2D eigenvalue weighted by atomic mass is 16.3. The van der Waals surface area contributed by atoms with Crippen molar-refractivity contribution in [2.45, 2.75) is 76.5 Å². The van der Waals surface area contributed by atoms with Gasteiger partial charge in [-0.1, -0.05) is 13.8 Å². The summed E-state index contributed by atoms with van der Waals surface area (Å²) in [7, 11) is 1.96. The summed E-state index contributed by atoms with van der Waals surface area (Å²) in [4.78, 5) is 14.4. The number of nitrogens with one attached hydrogen (secondary N) is 2. The van der Waals surface area contributed by atoms with Gasteiger partial charge in [0.15, 0.2) is 0 Å². The molecule has 0 aromatic carbocycles. The molecule has 0 spiro atoms. The number of nitrogens with zero attached hydrogens (tertiary/aromatic N) is 5. The number of fused-ring (bicyclic) bond motifs is 1. The van der Waals surface area contributed by atoms with E-state index < -0.39 is 5.60 Å². The molecule has 2 unspecified atom stereocenters. The quantitative estimate of drug-likeness (QED) is 0.487. The topological polar surface area (TPSA) is 92.8 Å². The molecular weight excluding hydrogens is 414 g/mol. The molecular formula is C25H35N7O. The van der Waals surface area contributed by atoms with E-state index in [0.717, 1.165) is 54.8 Å². The van der Waals surface area contributed by atoms with Crippen LogP contribution in [-0.2, 0) is 7.05 Å². The van der Waals surface area contributed by atoms with Crippen LogP contribution in [0.3, 0.4) is 0 Å². The fourth-order valence-corrected chi connectivity index (χ4v) is 7.13. The summed E-state index contributed by atoms with van der Waals surface area (Å²) in [5.41, 5.74) is 0.525. The molecule has 3 aromatic rings. The fourth-order valence-electron chi connectivity index (χ4n) is 7.13. The minimum atomic E-state index is -0.435. The molecule has 4 fully saturated rings. The lowest BCUT2D eigenvalue weighted by molar-refractivity contribution is -0.129. The van der Waals surface area contributed by atoms with Gasteiger partial charge < -0.3 is 24.9 Å². The maximum absolute atomic E-state index is 11.0. The lowest BCUT2D eigenvalue weighted by Crippen LogP contribution is -2.59. The Balaban J connectivity index is 1.38.